The number of nitrogens with zero attached hydrogens (tertiary/aromatic N) is 4. The van der Waals surface area contributed by atoms with Crippen LogP contribution < -0.4 is 0 Å². The molecule has 7 heteroatoms. The van der Waals surface area contributed by atoms with Crippen LogP contribution in [0.1, 0.15) is 36.7 Å². The Kier molecular flexibility index (Phi) is 4.15. The maximum Gasteiger partial charge on any atom is 0.223 e. The molecule has 6 nitrogen and oxygen atoms in total. The first kappa shape index (κ1) is 14.0. The Labute approximate surface area is 127 Å². The van der Waals surface area contributed by atoms with Crippen LogP contribution in [0.4, 0.5) is 0 Å². The van der Waals surface area contributed by atoms with Crippen LogP contribution in [0.3, 0.4) is 0 Å². The fourth-order valence-corrected chi connectivity index (χ4v) is 3.05. The van der Waals surface area contributed by atoms with Crippen molar-refractivity contribution in [3.8, 4) is 0 Å². The summed E-state index contributed by atoms with van der Waals surface area (Å²) in [5, 5.41) is 14.3. The highest BCUT2D eigenvalue weighted by Gasteiger charge is 2.30. The van der Waals surface area contributed by atoms with E-state index in [0.717, 1.165) is 30.0 Å². The SMILES string of the molecule is O=C(CCc1nn[nH]n1)N1CCCC1c1ccccc1Cl. The maximum absolute atomic E-state index is 12.4. The number of likely N-dealkylation sites (tertiary alicyclic amines) is 1. The summed E-state index contributed by atoms with van der Waals surface area (Å²) < 4.78 is 0. The van der Waals surface area contributed by atoms with Gasteiger partial charge in [-0.1, -0.05) is 35.0 Å². The normalized spacial score (nSPS) is 18.1. The van der Waals surface area contributed by atoms with Gasteiger partial charge in [-0.25, -0.2) is 0 Å². The van der Waals surface area contributed by atoms with Crippen molar-refractivity contribution in [2.75, 3.05) is 6.54 Å². The predicted molar refractivity (Wildman–Crippen MR) is 77.6 cm³/mol. The van der Waals surface area contributed by atoms with Gasteiger partial charge in [0.15, 0.2) is 5.82 Å². The van der Waals surface area contributed by atoms with Crippen molar-refractivity contribution in [3.63, 3.8) is 0 Å². The monoisotopic (exact) mass is 305 g/mol. The molecule has 1 aromatic heterocycles. The third-order valence-electron chi connectivity index (χ3n) is 3.79. The Morgan fingerprint density at radius 3 is 3.05 bits per heavy atom. The van der Waals surface area contributed by atoms with Crippen LogP contribution in [-0.2, 0) is 11.2 Å². The number of benzene rings is 1. The van der Waals surface area contributed by atoms with E-state index >= 15 is 0 Å². The van der Waals surface area contributed by atoms with Crippen molar-refractivity contribution in [1.29, 1.82) is 0 Å². The molecule has 1 saturated heterocycles. The van der Waals surface area contributed by atoms with Gasteiger partial charge in [0.1, 0.15) is 0 Å². The van der Waals surface area contributed by atoms with Gasteiger partial charge in [-0.05, 0) is 24.5 Å². The van der Waals surface area contributed by atoms with E-state index < -0.39 is 0 Å². The van der Waals surface area contributed by atoms with E-state index in [2.05, 4.69) is 20.6 Å². The van der Waals surface area contributed by atoms with Gasteiger partial charge in [0.25, 0.3) is 0 Å². The first-order valence-electron chi connectivity index (χ1n) is 7.02. The van der Waals surface area contributed by atoms with Crippen molar-refractivity contribution >= 4 is 17.5 Å². The zero-order valence-corrected chi connectivity index (χ0v) is 12.3. The Hall–Kier alpha value is -1.95. The summed E-state index contributed by atoms with van der Waals surface area (Å²) in [6.07, 6.45) is 2.85. The van der Waals surface area contributed by atoms with Crippen LogP contribution in [0.25, 0.3) is 0 Å². The Morgan fingerprint density at radius 1 is 1.43 bits per heavy atom. The molecule has 110 valence electrons. The fourth-order valence-electron chi connectivity index (χ4n) is 2.78. The molecular formula is C14H16ClN5O. The lowest BCUT2D eigenvalue weighted by Gasteiger charge is -2.25. The molecule has 1 unspecified atom stereocenters. The number of H-pyrrole nitrogens is 1. The number of aromatic nitrogens is 4. The van der Waals surface area contributed by atoms with Crippen molar-refractivity contribution in [2.24, 2.45) is 0 Å². The second-order valence-electron chi connectivity index (χ2n) is 5.09. The number of amides is 1. The molecule has 21 heavy (non-hydrogen) atoms. The second kappa shape index (κ2) is 6.22. The fraction of sp³-hybridized carbons (Fsp3) is 0.429. The number of tetrazole rings is 1. The minimum absolute atomic E-state index is 0.0801. The number of hydrogen-bond donors (Lipinski definition) is 1. The van der Waals surface area contributed by atoms with Crippen LogP contribution in [0.2, 0.25) is 5.02 Å². The molecule has 1 aliphatic rings. The topological polar surface area (TPSA) is 74.8 Å². The second-order valence-corrected chi connectivity index (χ2v) is 5.50. The smallest absolute Gasteiger partial charge is 0.223 e. The quantitative estimate of drug-likeness (QED) is 0.939. The molecule has 0 aliphatic carbocycles. The van der Waals surface area contributed by atoms with Gasteiger partial charge in [0.2, 0.25) is 5.91 Å². The third-order valence-corrected chi connectivity index (χ3v) is 4.13. The summed E-state index contributed by atoms with van der Waals surface area (Å²) in [7, 11) is 0. The van der Waals surface area contributed by atoms with E-state index in [0.29, 0.717) is 18.7 Å². The summed E-state index contributed by atoms with van der Waals surface area (Å²) in [5.41, 5.74) is 1.03. The van der Waals surface area contributed by atoms with Gasteiger partial charge in [0.05, 0.1) is 6.04 Å². The van der Waals surface area contributed by atoms with Crippen molar-refractivity contribution in [1.82, 2.24) is 25.5 Å². The predicted octanol–water partition coefficient (Wildman–Crippen LogP) is 2.15. The van der Waals surface area contributed by atoms with Crippen LogP contribution in [0.5, 0.6) is 0 Å². The zero-order chi connectivity index (χ0) is 14.7. The molecule has 0 bridgehead atoms. The number of halogens is 1. The lowest BCUT2D eigenvalue weighted by Crippen LogP contribution is -2.30. The standard InChI is InChI=1S/C14H16ClN5O/c15-11-5-2-1-4-10(11)12-6-3-9-20(12)14(21)8-7-13-16-18-19-17-13/h1-2,4-5,12H,3,6-9H2,(H,16,17,18,19). The van der Waals surface area contributed by atoms with Crippen molar-refractivity contribution in [2.45, 2.75) is 31.7 Å². The van der Waals surface area contributed by atoms with Gasteiger partial charge in [-0.2, -0.15) is 5.21 Å². The van der Waals surface area contributed by atoms with Gasteiger partial charge >= 0.3 is 0 Å². The summed E-state index contributed by atoms with van der Waals surface area (Å²) in [4.78, 5) is 14.4. The molecule has 0 radical (unpaired) electrons. The maximum atomic E-state index is 12.4. The first-order valence-corrected chi connectivity index (χ1v) is 7.39. The number of nitrogens with one attached hydrogen (secondary N) is 1. The van der Waals surface area contributed by atoms with Gasteiger partial charge in [-0.3, -0.25) is 4.79 Å². The third kappa shape index (κ3) is 3.05. The number of rotatable bonds is 4. The summed E-state index contributed by atoms with van der Waals surface area (Å²) >= 11 is 6.26. The van der Waals surface area contributed by atoms with E-state index in [4.69, 9.17) is 11.6 Å². The molecule has 0 saturated carbocycles. The molecule has 1 fully saturated rings. The minimum atomic E-state index is 0.0801. The number of carbonyl (C=O) groups is 1. The highest BCUT2D eigenvalue weighted by Crippen LogP contribution is 2.35. The molecule has 1 N–H and O–H groups in total. The van der Waals surface area contributed by atoms with Crippen molar-refractivity contribution in [3.05, 3.63) is 40.7 Å². The van der Waals surface area contributed by atoms with Crippen LogP contribution >= 0.6 is 11.6 Å². The van der Waals surface area contributed by atoms with Crippen molar-refractivity contribution < 1.29 is 4.79 Å². The molecule has 1 amide bonds. The highest BCUT2D eigenvalue weighted by atomic mass is 35.5. The number of aromatic amines is 1. The number of carbonyl (C=O) groups excluding carboxylic acids is 1. The first-order chi connectivity index (χ1) is 10.3. The Bertz CT molecular complexity index is 616. The lowest BCUT2D eigenvalue weighted by molar-refractivity contribution is -0.132. The molecule has 0 spiro atoms. The highest BCUT2D eigenvalue weighted by molar-refractivity contribution is 6.31. The molecule has 1 aliphatic heterocycles. The largest absolute Gasteiger partial charge is 0.336 e. The van der Waals surface area contributed by atoms with Crippen LogP contribution in [0, 0.1) is 0 Å². The summed E-state index contributed by atoms with van der Waals surface area (Å²) in [5.74, 6) is 0.680. The van der Waals surface area contributed by atoms with Gasteiger partial charge in [-0.15, -0.1) is 10.2 Å². The van der Waals surface area contributed by atoms with E-state index in [9.17, 15) is 4.79 Å². The van der Waals surface area contributed by atoms with E-state index in [-0.39, 0.29) is 11.9 Å². The minimum Gasteiger partial charge on any atom is -0.336 e. The van der Waals surface area contributed by atoms with Gasteiger partial charge < -0.3 is 4.90 Å². The van der Waals surface area contributed by atoms with E-state index in [1.54, 1.807) is 0 Å². The van der Waals surface area contributed by atoms with E-state index in [1.807, 2.05) is 29.2 Å². The average Bonchev–Trinajstić information content (AvgIpc) is 3.16. The molecule has 2 heterocycles. The Morgan fingerprint density at radius 2 is 2.29 bits per heavy atom. The number of hydrogen-bond acceptors (Lipinski definition) is 4. The average molecular weight is 306 g/mol. The summed E-state index contributed by atoms with van der Waals surface area (Å²) in [6.45, 7) is 0.779. The molecule has 1 aromatic carbocycles. The molecular weight excluding hydrogens is 290 g/mol. The molecule has 2 aromatic rings. The summed E-state index contributed by atoms with van der Waals surface area (Å²) in [6, 6.07) is 7.82. The lowest BCUT2D eigenvalue weighted by atomic mass is 10.0. The van der Waals surface area contributed by atoms with E-state index in [1.165, 1.54) is 0 Å². The zero-order valence-electron chi connectivity index (χ0n) is 11.5. The molecule has 1 atom stereocenters. The van der Waals surface area contributed by atoms with Crippen LogP contribution in [-0.4, -0.2) is 38.0 Å². The molecule has 3 rings (SSSR count). The van der Waals surface area contributed by atoms with Crippen LogP contribution in [0.15, 0.2) is 24.3 Å². The number of aryl methyl sites for hydroxylation is 1. The Balaban J connectivity index is 1.69. The van der Waals surface area contributed by atoms with Gasteiger partial charge in [0, 0.05) is 24.4 Å².